The number of rotatable bonds is 2. The summed E-state index contributed by atoms with van der Waals surface area (Å²) in [5.74, 6) is -1.02. The van der Waals surface area contributed by atoms with Crippen LogP contribution in [0.25, 0.3) is 5.65 Å². The number of nitrogens with zero attached hydrogens (tertiary/aromatic N) is 2. The summed E-state index contributed by atoms with van der Waals surface area (Å²) in [7, 11) is 0. The fourth-order valence-corrected chi connectivity index (χ4v) is 2.06. The van der Waals surface area contributed by atoms with Gasteiger partial charge in [-0.1, -0.05) is 18.5 Å². The maximum Gasteiger partial charge on any atom is 0.356 e. The van der Waals surface area contributed by atoms with Crippen LogP contribution >= 0.6 is 27.5 Å². The van der Waals surface area contributed by atoms with Crippen LogP contribution < -0.4 is 0 Å². The highest BCUT2D eigenvalue weighted by molar-refractivity contribution is 9.10. The molecule has 0 aliphatic rings. The van der Waals surface area contributed by atoms with Gasteiger partial charge in [0.1, 0.15) is 5.65 Å². The lowest BCUT2D eigenvalue weighted by molar-refractivity contribution is 0.0690. The van der Waals surface area contributed by atoms with Crippen LogP contribution in [0.5, 0.6) is 0 Å². The quantitative estimate of drug-likeness (QED) is 0.928. The van der Waals surface area contributed by atoms with Gasteiger partial charge in [0.2, 0.25) is 0 Å². The molecule has 2 aromatic heterocycles. The van der Waals surface area contributed by atoms with Crippen molar-refractivity contribution in [1.82, 2.24) is 9.38 Å². The molecule has 2 aromatic rings. The summed E-state index contributed by atoms with van der Waals surface area (Å²) in [5, 5.41) is 9.53. The molecule has 1 N–H and O–H groups in total. The number of aryl methyl sites for hydroxylation is 1. The van der Waals surface area contributed by atoms with Gasteiger partial charge in [-0.15, -0.1) is 0 Å². The first-order valence-electron chi connectivity index (χ1n) is 4.64. The highest BCUT2D eigenvalue weighted by Gasteiger charge is 2.17. The normalized spacial score (nSPS) is 10.9. The molecule has 16 heavy (non-hydrogen) atoms. The van der Waals surface area contributed by atoms with Crippen molar-refractivity contribution in [3.8, 4) is 0 Å². The Labute approximate surface area is 105 Å². The predicted molar refractivity (Wildman–Crippen MR) is 64.2 cm³/mol. The van der Waals surface area contributed by atoms with Gasteiger partial charge < -0.3 is 9.51 Å². The largest absolute Gasteiger partial charge is 0.476 e. The molecule has 6 heteroatoms. The van der Waals surface area contributed by atoms with Crippen LogP contribution in [0.1, 0.15) is 23.1 Å². The molecule has 0 amide bonds. The Morgan fingerprint density at radius 3 is 2.94 bits per heavy atom. The average Bonchev–Trinajstić information content (AvgIpc) is 2.57. The fraction of sp³-hybridized carbons (Fsp3) is 0.200. The standard InChI is InChI=1S/C10H8BrClN2O2/c1-2-7-9(10(15)16)13-8-3-6(12)5(11)4-14(7)8/h3-4H,2H2,1H3,(H,15,16). The summed E-state index contributed by atoms with van der Waals surface area (Å²) < 4.78 is 2.45. The van der Waals surface area contributed by atoms with Crippen molar-refractivity contribution in [3.63, 3.8) is 0 Å². The first kappa shape index (κ1) is 11.4. The number of fused-ring (bicyclic) bond motifs is 1. The summed E-state index contributed by atoms with van der Waals surface area (Å²) in [4.78, 5) is 15.0. The van der Waals surface area contributed by atoms with Crippen molar-refractivity contribution in [3.05, 3.63) is 33.1 Å². The zero-order valence-corrected chi connectivity index (χ0v) is 10.7. The Bertz CT molecular complexity index is 580. The lowest BCUT2D eigenvalue weighted by atomic mass is 10.2. The van der Waals surface area contributed by atoms with Crippen LogP contribution in [-0.2, 0) is 6.42 Å². The van der Waals surface area contributed by atoms with E-state index in [0.717, 1.165) is 0 Å². The van der Waals surface area contributed by atoms with Gasteiger partial charge in [0.05, 0.1) is 15.2 Å². The van der Waals surface area contributed by atoms with E-state index in [1.807, 2.05) is 6.92 Å². The number of carbonyl (C=O) groups is 1. The average molecular weight is 304 g/mol. The molecule has 0 unspecified atom stereocenters. The minimum Gasteiger partial charge on any atom is -0.476 e. The molecule has 0 saturated heterocycles. The van der Waals surface area contributed by atoms with Crippen molar-refractivity contribution < 1.29 is 9.90 Å². The van der Waals surface area contributed by atoms with Gasteiger partial charge in [-0.2, -0.15) is 0 Å². The lowest BCUT2D eigenvalue weighted by Crippen LogP contribution is -2.02. The molecule has 0 saturated carbocycles. The SMILES string of the molecule is CCc1c(C(=O)O)nc2cc(Cl)c(Br)cn12. The molecule has 0 aromatic carbocycles. The van der Waals surface area contributed by atoms with Crippen LogP contribution in [-0.4, -0.2) is 20.5 Å². The minimum atomic E-state index is -1.02. The molecule has 0 fully saturated rings. The number of hydrogen-bond donors (Lipinski definition) is 1. The predicted octanol–water partition coefficient (Wildman–Crippen LogP) is 3.01. The molecule has 2 rings (SSSR count). The third kappa shape index (κ3) is 1.70. The molecule has 2 heterocycles. The van der Waals surface area contributed by atoms with Crippen molar-refractivity contribution in [1.29, 1.82) is 0 Å². The number of hydrogen-bond acceptors (Lipinski definition) is 2. The van der Waals surface area contributed by atoms with E-state index < -0.39 is 5.97 Å². The number of carboxylic acids is 1. The number of aromatic nitrogens is 2. The second-order valence-electron chi connectivity index (χ2n) is 3.26. The summed E-state index contributed by atoms with van der Waals surface area (Å²) >= 11 is 9.22. The monoisotopic (exact) mass is 302 g/mol. The van der Waals surface area contributed by atoms with E-state index in [1.165, 1.54) is 0 Å². The van der Waals surface area contributed by atoms with Crippen molar-refractivity contribution in [2.24, 2.45) is 0 Å². The molecule has 0 aliphatic heterocycles. The van der Waals surface area contributed by atoms with Gasteiger partial charge in [0.15, 0.2) is 5.69 Å². The summed E-state index contributed by atoms with van der Waals surface area (Å²) in [5.41, 5.74) is 1.29. The van der Waals surface area contributed by atoms with E-state index in [2.05, 4.69) is 20.9 Å². The van der Waals surface area contributed by atoms with E-state index in [4.69, 9.17) is 16.7 Å². The summed E-state index contributed by atoms with van der Waals surface area (Å²) in [6, 6.07) is 1.64. The van der Waals surface area contributed by atoms with Gasteiger partial charge in [-0.3, -0.25) is 0 Å². The smallest absolute Gasteiger partial charge is 0.356 e. The minimum absolute atomic E-state index is 0.0802. The van der Waals surface area contributed by atoms with Crippen molar-refractivity contribution in [2.75, 3.05) is 0 Å². The first-order valence-corrected chi connectivity index (χ1v) is 5.81. The molecule has 0 radical (unpaired) electrons. The Hall–Kier alpha value is -1.07. The lowest BCUT2D eigenvalue weighted by Gasteiger charge is -2.01. The van der Waals surface area contributed by atoms with E-state index in [9.17, 15) is 4.79 Å². The first-order chi connectivity index (χ1) is 7.54. The second-order valence-corrected chi connectivity index (χ2v) is 4.52. The van der Waals surface area contributed by atoms with Gasteiger partial charge in [-0.25, -0.2) is 9.78 Å². The molecular formula is C10H8BrClN2O2. The topological polar surface area (TPSA) is 54.6 Å². The van der Waals surface area contributed by atoms with Crippen LogP contribution in [0.2, 0.25) is 5.02 Å². The number of halogens is 2. The third-order valence-electron chi connectivity index (χ3n) is 2.30. The highest BCUT2D eigenvalue weighted by atomic mass is 79.9. The molecule has 84 valence electrons. The Morgan fingerprint density at radius 1 is 1.69 bits per heavy atom. The number of pyridine rings is 1. The fourth-order valence-electron chi connectivity index (χ4n) is 1.60. The molecule has 0 bridgehead atoms. The molecule has 0 spiro atoms. The van der Waals surface area contributed by atoms with Crippen LogP contribution in [0.15, 0.2) is 16.7 Å². The zero-order valence-electron chi connectivity index (χ0n) is 8.37. The van der Waals surface area contributed by atoms with E-state index >= 15 is 0 Å². The van der Waals surface area contributed by atoms with Crippen LogP contribution in [0.4, 0.5) is 0 Å². The van der Waals surface area contributed by atoms with E-state index in [-0.39, 0.29) is 5.69 Å². The Balaban J connectivity index is 2.82. The maximum atomic E-state index is 11.0. The number of aromatic carboxylic acids is 1. The summed E-state index contributed by atoms with van der Waals surface area (Å²) in [6.07, 6.45) is 2.33. The Kier molecular flexibility index (Phi) is 2.90. The Morgan fingerprint density at radius 2 is 2.38 bits per heavy atom. The highest BCUT2D eigenvalue weighted by Crippen LogP contribution is 2.25. The van der Waals surface area contributed by atoms with Gasteiger partial charge in [0.25, 0.3) is 0 Å². The van der Waals surface area contributed by atoms with Gasteiger partial charge >= 0.3 is 5.97 Å². The molecule has 0 atom stereocenters. The third-order valence-corrected chi connectivity index (χ3v) is 3.47. The second kappa shape index (κ2) is 4.07. The van der Waals surface area contributed by atoms with Crippen LogP contribution in [0.3, 0.4) is 0 Å². The van der Waals surface area contributed by atoms with Crippen molar-refractivity contribution >= 4 is 39.1 Å². The van der Waals surface area contributed by atoms with Crippen LogP contribution in [0, 0.1) is 0 Å². The summed E-state index contributed by atoms with van der Waals surface area (Å²) in [6.45, 7) is 1.89. The maximum absolute atomic E-state index is 11.0. The van der Waals surface area contributed by atoms with E-state index in [0.29, 0.717) is 27.3 Å². The van der Waals surface area contributed by atoms with E-state index in [1.54, 1.807) is 16.7 Å². The molecular weight excluding hydrogens is 295 g/mol. The number of carboxylic acid groups (broad SMARTS) is 1. The molecule has 0 aliphatic carbocycles. The molecule has 4 nitrogen and oxygen atoms in total. The number of imidazole rings is 1. The van der Waals surface area contributed by atoms with Crippen molar-refractivity contribution in [2.45, 2.75) is 13.3 Å². The van der Waals surface area contributed by atoms with Gasteiger partial charge in [-0.05, 0) is 22.4 Å². The zero-order chi connectivity index (χ0) is 11.9. The van der Waals surface area contributed by atoms with Gasteiger partial charge in [0, 0.05) is 12.3 Å².